The molecule has 36 heavy (non-hydrogen) atoms. The number of carbonyl (C=O) groups excluding carboxylic acids is 1. The van der Waals surface area contributed by atoms with E-state index in [0.717, 1.165) is 46.8 Å². The lowest BCUT2D eigenvalue weighted by Crippen LogP contribution is -2.20. The Balaban J connectivity index is 1.19. The molecule has 4 aromatic heterocycles. The molecule has 1 fully saturated rings. The minimum atomic E-state index is -0.193. The fraction of sp³-hybridized carbons (Fsp3) is 0.192. The standard InChI is InChI=1S/C26H25N7OS2/c27-18-7-1-2-8-19(18)29-25(34)22-10-11-24(36-22)31-26-30-20(16-35-26)21-14-28-23-9-5-6-17(33(21)23)15-32-12-3-4-13-32/h1-2,5-11,14,16H,3-4,12-13,15,27H2,(H,29,34)(H,30,31). The lowest BCUT2D eigenvalue weighted by Gasteiger charge is -2.16. The highest BCUT2D eigenvalue weighted by molar-refractivity contribution is 7.19. The van der Waals surface area contributed by atoms with E-state index in [4.69, 9.17) is 10.7 Å². The zero-order valence-corrected chi connectivity index (χ0v) is 21.1. The van der Waals surface area contributed by atoms with Crippen LogP contribution in [0.15, 0.2) is 66.2 Å². The highest BCUT2D eigenvalue weighted by atomic mass is 32.1. The maximum absolute atomic E-state index is 12.7. The zero-order chi connectivity index (χ0) is 24.5. The molecule has 1 aliphatic rings. The quantitative estimate of drug-likeness (QED) is 0.241. The molecule has 1 amide bonds. The number of imidazole rings is 1. The Morgan fingerprint density at radius 3 is 2.78 bits per heavy atom. The number of hydrogen-bond donors (Lipinski definition) is 3. The summed E-state index contributed by atoms with van der Waals surface area (Å²) in [4.78, 5) is 25.2. The number of thiophene rings is 1. The Morgan fingerprint density at radius 2 is 1.92 bits per heavy atom. The summed E-state index contributed by atoms with van der Waals surface area (Å²) in [5.41, 5.74) is 11.1. The Labute approximate surface area is 216 Å². The van der Waals surface area contributed by atoms with E-state index in [1.165, 1.54) is 41.2 Å². The van der Waals surface area contributed by atoms with Crippen LogP contribution in [0.3, 0.4) is 0 Å². The Hall–Kier alpha value is -3.73. The van der Waals surface area contributed by atoms with Gasteiger partial charge >= 0.3 is 0 Å². The summed E-state index contributed by atoms with van der Waals surface area (Å²) in [6.45, 7) is 3.19. The number of nitrogens with one attached hydrogen (secondary N) is 2. The molecule has 0 unspecified atom stereocenters. The van der Waals surface area contributed by atoms with Crippen LogP contribution in [0.5, 0.6) is 0 Å². The van der Waals surface area contributed by atoms with Crippen LogP contribution in [0, 0.1) is 0 Å². The first kappa shape index (κ1) is 22.7. The van der Waals surface area contributed by atoms with Crippen molar-refractivity contribution >= 4 is 55.7 Å². The number of rotatable bonds is 7. The predicted molar refractivity (Wildman–Crippen MR) is 147 cm³/mol. The van der Waals surface area contributed by atoms with E-state index in [0.29, 0.717) is 16.3 Å². The van der Waals surface area contributed by atoms with Gasteiger partial charge in [0.15, 0.2) is 5.13 Å². The molecule has 10 heteroatoms. The first-order valence-electron chi connectivity index (χ1n) is 11.8. The molecule has 0 spiro atoms. The zero-order valence-electron chi connectivity index (χ0n) is 19.5. The number of benzene rings is 1. The van der Waals surface area contributed by atoms with Gasteiger partial charge < -0.3 is 16.4 Å². The molecule has 0 radical (unpaired) electrons. The molecule has 0 bridgehead atoms. The molecular weight excluding hydrogens is 490 g/mol. The van der Waals surface area contributed by atoms with Crippen molar-refractivity contribution in [2.24, 2.45) is 0 Å². The number of aromatic nitrogens is 3. The Bertz CT molecular complexity index is 1530. The van der Waals surface area contributed by atoms with Crippen molar-refractivity contribution in [3.8, 4) is 11.4 Å². The molecule has 0 atom stereocenters. The number of amides is 1. The van der Waals surface area contributed by atoms with Gasteiger partial charge in [0.2, 0.25) is 0 Å². The lowest BCUT2D eigenvalue weighted by molar-refractivity contribution is 0.103. The maximum Gasteiger partial charge on any atom is 0.265 e. The normalized spacial score (nSPS) is 13.9. The van der Waals surface area contributed by atoms with E-state index >= 15 is 0 Å². The average molecular weight is 516 g/mol. The van der Waals surface area contributed by atoms with Crippen LogP contribution in [0.1, 0.15) is 28.2 Å². The molecule has 182 valence electrons. The van der Waals surface area contributed by atoms with Crippen LogP contribution in [0.25, 0.3) is 17.0 Å². The fourth-order valence-electron chi connectivity index (χ4n) is 4.46. The third-order valence-electron chi connectivity index (χ3n) is 6.23. The van der Waals surface area contributed by atoms with Gasteiger partial charge in [0.25, 0.3) is 5.91 Å². The SMILES string of the molecule is Nc1ccccc1NC(=O)c1ccc(Nc2nc(-c3cnc4cccc(CN5CCCC5)n34)cs2)s1. The first-order chi connectivity index (χ1) is 17.6. The van der Waals surface area contributed by atoms with Gasteiger partial charge in [0.1, 0.15) is 11.3 Å². The number of carbonyl (C=O) groups is 1. The molecule has 5 aromatic rings. The average Bonchev–Trinajstić information content (AvgIpc) is 3.68. The minimum Gasteiger partial charge on any atom is -0.397 e. The molecule has 6 rings (SSSR count). The number of hydrogen-bond acceptors (Lipinski definition) is 8. The topological polar surface area (TPSA) is 101 Å². The maximum atomic E-state index is 12.7. The molecule has 0 saturated carbocycles. The van der Waals surface area contributed by atoms with E-state index in [9.17, 15) is 4.79 Å². The summed E-state index contributed by atoms with van der Waals surface area (Å²) >= 11 is 2.90. The number of anilines is 4. The molecule has 1 aliphatic heterocycles. The number of fused-ring (bicyclic) bond motifs is 1. The van der Waals surface area contributed by atoms with Crippen molar-refractivity contribution in [2.75, 3.05) is 29.5 Å². The number of nitrogens with two attached hydrogens (primary N) is 1. The van der Waals surface area contributed by atoms with Crippen LogP contribution >= 0.6 is 22.7 Å². The number of thiazole rings is 1. The Kier molecular flexibility index (Phi) is 6.14. The van der Waals surface area contributed by atoms with E-state index in [1.54, 1.807) is 18.2 Å². The van der Waals surface area contributed by atoms with Crippen molar-refractivity contribution in [1.82, 2.24) is 19.3 Å². The monoisotopic (exact) mass is 515 g/mol. The molecule has 0 aliphatic carbocycles. The van der Waals surface area contributed by atoms with Crippen LogP contribution in [0.4, 0.5) is 21.5 Å². The van der Waals surface area contributed by atoms with Crippen molar-refractivity contribution in [3.05, 3.63) is 76.7 Å². The van der Waals surface area contributed by atoms with Gasteiger partial charge in [-0.25, -0.2) is 9.97 Å². The number of para-hydroxylation sites is 2. The summed E-state index contributed by atoms with van der Waals surface area (Å²) in [5, 5.41) is 9.85. The number of pyridine rings is 1. The lowest BCUT2D eigenvalue weighted by atomic mass is 10.2. The van der Waals surface area contributed by atoms with Crippen LogP contribution in [-0.2, 0) is 6.54 Å². The minimum absolute atomic E-state index is 0.193. The second-order valence-corrected chi connectivity index (χ2v) is 10.6. The summed E-state index contributed by atoms with van der Waals surface area (Å²) in [5.74, 6) is -0.193. The van der Waals surface area contributed by atoms with Crippen molar-refractivity contribution < 1.29 is 4.79 Å². The van der Waals surface area contributed by atoms with E-state index < -0.39 is 0 Å². The van der Waals surface area contributed by atoms with Gasteiger partial charge in [-0.1, -0.05) is 18.2 Å². The van der Waals surface area contributed by atoms with Crippen LogP contribution in [0.2, 0.25) is 0 Å². The summed E-state index contributed by atoms with van der Waals surface area (Å²) in [6, 6.07) is 17.2. The van der Waals surface area contributed by atoms with Crippen molar-refractivity contribution in [3.63, 3.8) is 0 Å². The second kappa shape index (κ2) is 9.73. The second-order valence-electron chi connectivity index (χ2n) is 8.71. The van der Waals surface area contributed by atoms with Gasteiger partial charge in [-0.2, -0.15) is 0 Å². The van der Waals surface area contributed by atoms with Crippen LogP contribution < -0.4 is 16.4 Å². The predicted octanol–water partition coefficient (Wildman–Crippen LogP) is 5.69. The molecular formula is C26H25N7OS2. The third kappa shape index (κ3) is 4.58. The number of likely N-dealkylation sites (tertiary alicyclic amines) is 1. The number of nitrogen functional groups attached to an aromatic ring is 1. The van der Waals surface area contributed by atoms with E-state index in [-0.39, 0.29) is 5.91 Å². The third-order valence-corrected chi connectivity index (χ3v) is 7.99. The van der Waals surface area contributed by atoms with Crippen molar-refractivity contribution in [1.29, 1.82) is 0 Å². The van der Waals surface area contributed by atoms with Gasteiger partial charge in [0.05, 0.1) is 33.1 Å². The molecule has 8 nitrogen and oxygen atoms in total. The summed E-state index contributed by atoms with van der Waals surface area (Å²) < 4.78 is 2.21. The fourth-order valence-corrected chi connectivity index (χ4v) is 6.04. The summed E-state index contributed by atoms with van der Waals surface area (Å²) in [6.07, 6.45) is 4.42. The van der Waals surface area contributed by atoms with Gasteiger partial charge in [-0.15, -0.1) is 22.7 Å². The van der Waals surface area contributed by atoms with E-state index in [1.807, 2.05) is 35.8 Å². The molecule has 1 saturated heterocycles. The molecule has 4 N–H and O–H groups in total. The van der Waals surface area contributed by atoms with Crippen LogP contribution in [-0.4, -0.2) is 38.3 Å². The van der Waals surface area contributed by atoms with Gasteiger partial charge in [-0.3, -0.25) is 14.1 Å². The van der Waals surface area contributed by atoms with Gasteiger partial charge in [0, 0.05) is 17.6 Å². The van der Waals surface area contributed by atoms with Gasteiger partial charge in [-0.05, 0) is 62.3 Å². The highest BCUT2D eigenvalue weighted by Gasteiger charge is 2.17. The largest absolute Gasteiger partial charge is 0.397 e. The molecule has 1 aromatic carbocycles. The Morgan fingerprint density at radius 1 is 1.06 bits per heavy atom. The highest BCUT2D eigenvalue weighted by Crippen LogP contribution is 2.32. The first-order valence-corrected chi connectivity index (χ1v) is 13.5. The van der Waals surface area contributed by atoms with E-state index in [2.05, 4.69) is 37.1 Å². The van der Waals surface area contributed by atoms with Crippen molar-refractivity contribution in [2.45, 2.75) is 19.4 Å². The number of nitrogens with zero attached hydrogens (tertiary/aromatic N) is 4. The summed E-state index contributed by atoms with van der Waals surface area (Å²) in [7, 11) is 0. The molecule has 5 heterocycles. The smallest absolute Gasteiger partial charge is 0.265 e.